The lowest BCUT2D eigenvalue weighted by Gasteiger charge is -2.18. The van der Waals surface area contributed by atoms with E-state index in [0.29, 0.717) is 22.5 Å². The van der Waals surface area contributed by atoms with Gasteiger partial charge in [0.1, 0.15) is 0 Å². The summed E-state index contributed by atoms with van der Waals surface area (Å²) in [5.41, 5.74) is 1.43. The van der Waals surface area contributed by atoms with E-state index in [1.165, 1.54) is 31.1 Å². The van der Waals surface area contributed by atoms with Gasteiger partial charge in [-0.25, -0.2) is 4.98 Å². The second kappa shape index (κ2) is 6.02. The lowest BCUT2D eigenvalue weighted by Crippen LogP contribution is -2.30. The predicted molar refractivity (Wildman–Crippen MR) is 95.1 cm³/mol. The van der Waals surface area contributed by atoms with Crippen LogP contribution in [0.4, 0.5) is 5.13 Å². The number of nitrogens with one attached hydrogen (secondary N) is 2. The third-order valence-corrected chi connectivity index (χ3v) is 5.81. The van der Waals surface area contributed by atoms with Crippen LogP contribution in [0.2, 0.25) is 0 Å². The predicted octanol–water partition coefficient (Wildman–Crippen LogP) is 3.20. The number of anilines is 1. The van der Waals surface area contributed by atoms with E-state index in [1.54, 1.807) is 6.07 Å². The molecule has 0 saturated heterocycles. The summed E-state index contributed by atoms with van der Waals surface area (Å²) >= 11 is 1.38. The molecule has 24 heavy (non-hydrogen) atoms. The first-order valence-electron chi connectivity index (χ1n) is 8.23. The van der Waals surface area contributed by atoms with E-state index >= 15 is 0 Å². The maximum atomic E-state index is 12.4. The Morgan fingerprint density at radius 2 is 2.17 bits per heavy atom. The highest BCUT2D eigenvalue weighted by atomic mass is 32.1. The number of rotatable bonds is 4. The summed E-state index contributed by atoms with van der Waals surface area (Å²) < 4.78 is 0.897. The third kappa shape index (κ3) is 2.94. The summed E-state index contributed by atoms with van der Waals surface area (Å²) in [6, 6.07) is 5.45. The van der Waals surface area contributed by atoms with Crippen LogP contribution in [0.3, 0.4) is 0 Å². The van der Waals surface area contributed by atoms with Crippen molar-refractivity contribution in [3.05, 3.63) is 35.9 Å². The van der Waals surface area contributed by atoms with Gasteiger partial charge in [-0.15, -0.1) is 0 Å². The van der Waals surface area contributed by atoms with E-state index in [1.807, 2.05) is 12.1 Å². The zero-order valence-corrected chi connectivity index (χ0v) is 14.2. The van der Waals surface area contributed by atoms with E-state index in [9.17, 15) is 9.59 Å². The fourth-order valence-electron chi connectivity index (χ4n) is 3.73. The number of carbonyl (C=O) groups is 2. The van der Waals surface area contributed by atoms with Crippen molar-refractivity contribution in [3.63, 3.8) is 0 Å². The second-order valence-corrected chi connectivity index (χ2v) is 7.66. The molecule has 1 heterocycles. The number of amides is 2. The van der Waals surface area contributed by atoms with E-state index < -0.39 is 0 Å². The number of allylic oxidation sites excluding steroid dienone is 2. The van der Waals surface area contributed by atoms with E-state index in [4.69, 9.17) is 0 Å². The van der Waals surface area contributed by atoms with Crippen LogP contribution < -0.4 is 10.6 Å². The van der Waals surface area contributed by atoms with Crippen molar-refractivity contribution in [2.75, 3.05) is 11.9 Å². The van der Waals surface area contributed by atoms with Crippen LogP contribution in [0.1, 0.15) is 30.1 Å². The molecule has 2 N–H and O–H groups in total. The molecule has 6 heteroatoms. The van der Waals surface area contributed by atoms with Crippen molar-refractivity contribution in [1.29, 1.82) is 0 Å². The second-order valence-electron chi connectivity index (χ2n) is 6.63. The highest BCUT2D eigenvalue weighted by Gasteiger charge is 2.35. The van der Waals surface area contributed by atoms with Crippen LogP contribution in [0.5, 0.6) is 0 Å². The molecule has 2 aromatic rings. The van der Waals surface area contributed by atoms with Crippen molar-refractivity contribution in [2.45, 2.75) is 19.8 Å². The van der Waals surface area contributed by atoms with E-state index in [-0.39, 0.29) is 11.8 Å². The summed E-state index contributed by atoms with van der Waals surface area (Å²) in [6.07, 6.45) is 7.06. The molecule has 4 rings (SSSR count). The Morgan fingerprint density at radius 1 is 1.29 bits per heavy atom. The molecule has 124 valence electrons. The highest BCUT2D eigenvalue weighted by Crippen LogP contribution is 2.42. The number of aromatic nitrogens is 1. The monoisotopic (exact) mass is 341 g/mol. The number of benzene rings is 1. The van der Waals surface area contributed by atoms with Crippen LogP contribution in [-0.2, 0) is 4.79 Å². The maximum absolute atomic E-state index is 12.4. The minimum atomic E-state index is -0.146. The summed E-state index contributed by atoms with van der Waals surface area (Å²) in [5, 5.41) is 6.31. The van der Waals surface area contributed by atoms with Gasteiger partial charge in [0.05, 0.1) is 10.2 Å². The van der Waals surface area contributed by atoms with Crippen LogP contribution in [0, 0.1) is 17.8 Å². The standard InChI is InChI=1S/C18H19N3O2S/c1-10(22)20-18-21-15-5-4-13(8-16(15)24-18)17(23)19-9-14-7-11-2-3-12(14)6-11/h2-5,8,11-12,14H,6-7,9H2,1H3,(H,19,23)(H,20,21,22)/t11-,12-,14+/m0/s1. The molecule has 0 unspecified atom stereocenters. The average Bonchev–Trinajstić information content (AvgIpc) is 3.25. The molecule has 2 aliphatic rings. The van der Waals surface area contributed by atoms with Crippen LogP contribution in [0.15, 0.2) is 30.4 Å². The highest BCUT2D eigenvalue weighted by molar-refractivity contribution is 7.22. The van der Waals surface area contributed by atoms with Gasteiger partial charge in [0.25, 0.3) is 5.91 Å². The van der Waals surface area contributed by atoms with Crippen LogP contribution in [0.25, 0.3) is 10.2 Å². The number of thiazole rings is 1. The lowest BCUT2D eigenvalue weighted by atomic mass is 9.93. The van der Waals surface area contributed by atoms with Gasteiger partial charge in [-0.3, -0.25) is 9.59 Å². The van der Waals surface area contributed by atoms with Gasteiger partial charge < -0.3 is 10.6 Å². The smallest absolute Gasteiger partial charge is 0.251 e. The first kappa shape index (κ1) is 15.3. The molecule has 2 bridgehead atoms. The van der Waals surface area contributed by atoms with Crippen molar-refractivity contribution in [2.24, 2.45) is 17.8 Å². The molecular weight excluding hydrogens is 322 g/mol. The molecule has 3 atom stereocenters. The zero-order chi connectivity index (χ0) is 16.7. The zero-order valence-electron chi connectivity index (χ0n) is 13.4. The number of hydrogen-bond donors (Lipinski definition) is 2. The Labute approximate surface area is 144 Å². The van der Waals surface area contributed by atoms with Gasteiger partial charge >= 0.3 is 0 Å². The summed E-state index contributed by atoms with van der Waals surface area (Å²) in [6.45, 7) is 2.19. The minimum absolute atomic E-state index is 0.0434. The molecule has 1 saturated carbocycles. The Hall–Kier alpha value is -2.21. The number of hydrogen-bond acceptors (Lipinski definition) is 4. The van der Waals surface area contributed by atoms with Gasteiger partial charge in [0, 0.05) is 19.0 Å². The van der Waals surface area contributed by atoms with Crippen molar-refractivity contribution in [1.82, 2.24) is 10.3 Å². The molecule has 1 fully saturated rings. The molecule has 0 spiro atoms. The van der Waals surface area contributed by atoms with Crippen molar-refractivity contribution >= 4 is 38.5 Å². The van der Waals surface area contributed by atoms with Crippen molar-refractivity contribution in [3.8, 4) is 0 Å². The Kier molecular flexibility index (Phi) is 3.84. The molecule has 2 aliphatic carbocycles. The van der Waals surface area contributed by atoms with Gasteiger partial charge in [0.15, 0.2) is 5.13 Å². The van der Waals surface area contributed by atoms with Gasteiger partial charge in [-0.05, 0) is 48.8 Å². The molecule has 2 amide bonds. The quantitative estimate of drug-likeness (QED) is 0.839. The Balaban J connectivity index is 1.44. The number of nitrogens with zero attached hydrogens (tertiary/aromatic N) is 1. The molecule has 1 aromatic heterocycles. The van der Waals surface area contributed by atoms with Gasteiger partial charge in [-0.1, -0.05) is 23.5 Å². The summed E-state index contributed by atoms with van der Waals surface area (Å²) in [4.78, 5) is 27.9. The maximum Gasteiger partial charge on any atom is 0.251 e. The number of fused-ring (bicyclic) bond motifs is 3. The van der Waals surface area contributed by atoms with Gasteiger partial charge in [-0.2, -0.15) is 0 Å². The third-order valence-electron chi connectivity index (χ3n) is 4.87. The lowest BCUT2D eigenvalue weighted by molar-refractivity contribution is -0.114. The topological polar surface area (TPSA) is 71.1 Å². The molecule has 1 aromatic carbocycles. The molecule has 5 nitrogen and oxygen atoms in total. The molecule has 0 radical (unpaired) electrons. The SMILES string of the molecule is CC(=O)Nc1nc2ccc(C(=O)NC[C@H]3C[C@H]4C=C[C@H]3C4)cc2s1. The first-order valence-corrected chi connectivity index (χ1v) is 9.05. The Morgan fingerprint density at radius 3 is 2.88 bits per heavy atom. The van der Waals surface area contributed by atoms with Crippen LogP contribution >= 0.6 is 11.3 Å². The summed E-state index contributed by atoms with van der Waals surface area (Å²) in [7, 11) is 0. The normalized spacial score (nSPS) is 24.5. The molecule has 0 aliphatic heterocycles. The first-order chi connectivity index (χ1) is 11.6. The fraction of sp³-hybridized carbons (Fsp3) is 0.389. The molecular formula is C18H19N3O2S. The Bertz CT molecular complexity index is 842. The van der Waals surface area contributed by atoms with E-state index in [0.717, 1.165) is 22.7 Å². The summed E-state index contributed by atoms with van der Waals surface area (Å²) in [5.74, 6) is 1.74. The average molecular weight is 341 g/mol. The fourth-order valence-corrected chi connectivity index (χ4v) is 4.68. The number of carbonyl (C=O) groups excluding carboxylic acids is 2. The largest absolute Gasteiger partial charge is 0.352 e. The minimum Gasteiger partial charge on any atom is -0.352 e. The van der Waals surface area contributed by atoms with E-state index in [2.05, 4.69) is 27.8 Å². The van der Waals surface area contributed by atoms with Crippen molar-refractivity contribution < 1.29 is 9.59 Å². The van der Waals surface area contributed by atoms with Crippen LogP contribution in [-0.4, -0.2) is 23.3 Å². The van der Waals surface area contributed by atoms with Gasteiger partial charge in [0.2, 0.25) is 5.91 Å².